The van der Waals surface area contributed by atoms with Crippen LogP contribution in [0, 0.1) is 22.7 Å². The molecule has 3 heterocycles. The van der Waals surface area contributed by atoms with E-state index in [0.29, 0.717) is 18.6 Å². The molecular formula is C20H24O5. The first-order chi connectivity index (χ1) is 11.9. The van der Waals surface area contributed by atoms with Crippen LogP contribution in [0.5, 0.6) is 0 Å². The summed E-state index contributed by atoms with van der Waals surface area (Å²) in [6.07, 6.45) is 6.31. The number of rotatable bonds is 2. The fourth-order valence-electron chi connectivity index (χ4n) is 5.35. The van der Waals surface area contributed by atoms with Gasteiger partial charge >= 0.3 is 11.9 Å². The third-order valence-electron chi connectivity index (χ3n) is 6.92. The molecule has 0 spiro atoms. The summed E-state index contributed by atoms with van der Waals surface area (Å²) in [5.74, 6) is -0.383. The van der Waals surface area contributed by atoms with E-state index < -0.39 is 5.41 Å². The van der Waals surface area contributed by atoms with E-state index in [1.807, 2.05) is 13.0 Å². The summed E-state index contributed by atoms with van der Waals surface area (Å²) in [4.78, 5) is 24.8. The Morgan fingerprint density at radius 3 is 2.76 bits per heavy atom. The molecule has 0 amide bonds. The number of furan rings is 1. The third kappa shape index (κ3) is 2.28. The molecule has 1 saturated carbocycles. The van der Waals surface area contributed by atoms with Gasteiger partial charge in [0.1, 0.15) is 6.10 Å². The highest BCUT2D eigenvalue weighted by atomic mass is 16.5. The van der Waals surface area contributed by atoms with Crippen LogP contribution in [0.3, 0.4) is 0 Å². The van der Waals surface area contributed by atoms with E-state index in [-0.39, 0.29) is 35.3 Å². The van der Waals surface area contributed by atoms with Gasteiger partial charge in [-0.05, 0) is 37.7 Å². The van der Waals surface area contributed by atoms with Crippen LogP contribution in [0.2, 0.25) is 0 Å². The summed E-state index contributed by atoms with van der Waals surface area (Å²) in [7, 11) is 0. The Kier molecular flexibility index (Phi) is 3.60. The van der Waals surface area contributed by atoms with Gasteiger partial charge in [-0.25, -0.2) is 4.79 Å². The van der Waals surface area contributed by atoms with Crippen LogP contribution >= 0.6 is 0 Å². The summed E-state index contributed by atoms with van der Waals surface area (Å²) in [5.41, 5.74) is 0.717. The van der Waals surface area contributed by atoms with Crippen LogP contribution < -0.4 is 0 Å². The highest BCUT2D eigenvalue weighted by Gasteiger charge is 2.61. The molecule has 3 aliphatic rings. The van der Waals surface area contributed by atoms with Gasteiger partial charge in [-0.2, -0.15) is 0 Å². The van der Waals surface area contributed by atoms with Crippen molar-refractivity contribution in [1.82, 2.24) is 0 Å². The number of cyclic esters (lactones) is 2. The summed E-state index contributed by atoms with van der Waals surface area (Å²) in [6.45, 7) is 8.68. The molecule has 1 aromatic rings. The molecule has 0 radical (unpaired) electrons. The topological polar surface area (TPSA) is 65.7 Å². The standard InChI is InChI=1S/C20H24O5/c1-12-14(9-15(25-17(12)21)13-5-8-23-10-13)19(2)6-4-7-20(3)16(19)11-24-18(20)22/h5,8,10,14-16H,1,4,6-7,9,11H2,2-3H3/t14-,15-,16?,19+,20?/m0/s1. The summed E-state index contributed by atoms with van der Waals surface area (Å²) < 4.78 is 16.2. The summed E-state index contributed by atoms with van der Waals surface area (Å²) >= 11 is 0. The van der Waals surface area contributed by atoms with Gasteiger partial charge in [0.15, 0.2) is 0 Å². The minimum absolute atomic E-state index is 0.0345. The van der Waals surface area contributed by atoms with Crippen molar-refractivity contribution in [3.63, 3.8) is 0 Å². The number of hydrogen-bond acceptors (Lipinski definition) is 5. The van der Waals surface area contributed by atoms with Crippen LogP contribution in [-0.4, -0.2) is 18.5 Å². The Morgan fingerprint density at radius 2 is 2.04 bits per heavy atom. The Labute approximate surface area is 147 Å². The minimum atomic E-state index is -0.459. The van der Waals surface area contributed by atoms with Crippen molar-refractivity contribution in [3.8, 4) is 0 Å². The maximum Gasteiger partial charge on any atom is 0.334 e. The van der Waals surface area contributed by atoms with E-state index in [4.69, 9.17) is 13.9 Å². The number of carbonyl (C=O) groups excluding carboxylic acids is 2. The lowest BCUT2D eigenvalue weighted by Gasteiger charge is -2.52. The molecule has 134 valence electrons. The number of esters is 2. The van der Waals surface area contributed by atoms with Crippen LogP contribution in [0.4, 0.5) is 0 Å². The lowest BCUT2D eigenvalue weighted by atomic mass is 9.51. The van der Waals surface area contributed by atoms with Crippen LogP contribution in [-0.2, 0) is 19.1 Å². The quantitative estimate of drug-likeness (QED) is 0.603. The summed E-state index contributed by atoms with van der Waals surface area (Å²) in [6, 6.07) is 1.83. The fourth-order valence-corrected chi connectivity index (χ4v) is 5.35. The smallest absolute Gasteiger partial charge is 0.334 e. The predicted octanol–water partition coefficient (Wildman–Crippen LogP) is 3.81. The molecule has 1 aromatic heterocycles. The van der Waals surface area contributed by atoms with Crippen LogP contribution in [0.1, 0.15) is 51.2 Å². The number of ether oxygens (including phenoxy) is 2. The van der Waals surface area contributed by atoms with E-state index >= 15 is 0 Å². The highest BCUT2D eigenvalue weighted by Crippen LogP contribution is 2.61. The van der Waals surface area contributed by atoms with Gasteiger partial charge in [0.2, 0.25) is 0 Å². The fraction of sp³-hybridized carbons (Fsp3) is 0.600. The second-order valence-corrected chi connectivity index (χ2v) is 8.19. The zero-order valence-corrected chi connectivity index (χ0v) is 14.7. The largest absolute Gasteiger partial charge is 0.472 e. The van der Waals surface area contributed by atoms with E-state index in [0.717, 1.165) is 24.8 Å². The second-order valence-electron chi connectivity index (χ2n) is 8.19. The SMILES string of the molecule is C=C1C(=O)O[C@H](c2ccoc2)C[C@@H]1[C@@]1(C)CCCC2(C)C(=O)OCC21. The van der Waals surface area contributed by atoms with Crippen molar-refractivity contribution >= 4 is 11.9 Å². The van der Waals surface area contributed by atoms with Crippen molar-refractivity contribution < 1.29 is 23.5 Å². The van der Waals surface area contributed by atoms with E-state index in [1.54, 1.807) is 12.5 Å². The third-order valence-corrected chi connectivity index (χ3v) is 6.92. The van der Waals surface area contributed by atoms with Crippen LogP contribution in [0.15, 0.2) is 35.2 Å². The van der Waals surface area contributed by atoms with Gasteiger partial charge in [0, 0.05) is 23.0 Å². The van der Waals surface area contributed by atoms with Crippen molar-refractivity contribution in [1.29, 1.82) is 0 Å². The van der Waals surface area contributed by atoms with Gasteiger partial charge in [-0.15, -0.1) is 0 Å². The lowest BCUT2D eigenvalue weighted by Crippen LogP contribution is -2.50. The van der Waals surface area contributed by atoms with E-state index in [1.165, 1.54) is 0 Å². The molecule has 25 heavy (non-hydrogen) atoms. The van der Waals surface area contributed by atoms with E-state index in [2.05, 4.69) is 13.5 Å². The summed E-state index contributed by atoms with van der Waals surface area (Å²) in [5, 5.41) is 0. The first-order valence-corrected chi connectivity index (χ1v) is 8.95. The van der Waals surface area contributed by atoms with Gasteiger partial charge in [0.05, 0.1) is 24.5 Å². The average molecular weight is 344 g/mol. The lowest BCUT2D eigenvalue weighted by molar-refractivity contribution is -0.155. The molecule has 0 N–H and O–H groups in total. The molecule has 2 unspecified atom stereocenters. The van der Waals surface area contributed by atoms with Crippen LogP contribution in [0.25, 0.3) is 0 Å². The van der Waals surface area contributed by atoms with Crippen molar-refractivity contribution in [2.24, 2.45) is 22.7 Å². The maximum atomic E-state index is 12.5. The molecule has 0 aromatic carbocycles. The second kappa shape index (κ2) is 5.48. The van der Waals surface area contributed by atoms with Gasteiger partial charge in [-0.3, -0.25) is 4.79 Å². The average Bonchev–Trinajstić information content (AvgIpc) is 3.20. The number of hydrogen-bond donors (Lipinski definition) is 0. The normalized spacial score (nSPS) is 41.2. The zero-order valence-electron chi connectivity index (χ0n) is 14.7. The first-order valence-electron chi connectivity index (χ1n) is 8.95. The first kappa shape index (κ1) is 16.4. The molecule has 5 atom stereocenters. The molecule has 1 aliphatic carbocycles. The Bertz CT molecular complexity index is 720. The highest BCUT2D eigenvalue weighted by molar-refractivity contribution is 5.89. The molecule has 2 aliphatic heterocycles. The zero-order chi connectivity index (χ0) is 17.8. The number of carbonyl (C=O) groups is 2. The predicted molar refractivity (Wildman–Crippen MR) is 89.3 cm³/mol. The number of fused-ring (bicyclic) bond motifs is 1. The molecule has 0 bridgehead atoms. The van der Waals surface area contributed by atoms with Gasteiger partial charge < -0.3 is 13.9 Å². The molecule has 5 heteroatoms. The Hall–Kier alpha value is -2.04. The molecule has 3 fully saturated rings. The van der Waals surface area contributed by atoms with Crippen molar-refractivity contribution in [2.75, 3.05) is 6.61 Å². The van der Waals surface area contributed by atoms with Gasteiger partial charge in [-0.1, -0.05) is 19.9 Å². The molecule has 5 nitrogen and oxygen atoms in total. The Morgan fingerprint density at radius 1 is 1.24 bits per heavy atom. The van der Waals surface area contributed by atoms with Gasteiger partial charge in [0.25, 0.3) is 0 Å². The van der Waals surface area contributed by atoms with E-state index in [9.17, 15) is 9.59 Å². The Balaban J connectivity index is 1.69. The van der Waals surface area contributed by atoms with Crippen molar-refractivity contribution in [3.05, 3.63) is 36.3 Å². The molecule has 2 saturated heterocycles. The monoisotopic (exact) mass is 344 g/mol. The molecular weight excluding hydrogens is 320 g/mol. The minimum Gasteiger partial charge on any atom is -0.472 e. The molecule has 4 rings (SSSR count). The van der Waals surface area contributed by atoms with Crippen molar-refractivity contribution in [2.45, 2.75) is 45.6 Å². The maximum absolute atomic E-state index is 12.5.